The van der Waals surface area contributed by atoms with Gasteiger partial charge in [0.1, 0.15) is 0 Å². The fourth-order valence-corrected chi connectivity index (χ4v) is 3.25. The van der Waals surface area contributed by atoms with Crippen LogP contribution in [0.25, 0.3) is 0 Å². The molecule has 0 spiro atoms. The van der Waals surface area contributed by atoms with Gasteiger partial charge in [-0.1, -0.05) is 22.0 Å². The smallest absolute Gasteiger partial charge is 0.337 e. The van der Waals surface area contributed by atoms with Crippen LogP contribution < -0.4 is 10.6 Å². The fraction of sp³-hybridized carbons (Fsp3) is 0.286. The predicted octanol–water partition coefficient (Wildman–Crippen LogP) is 3.61. The number of halogens is 1. The van der Waals surface area contributed by atoms with Crippen LogP contribution in [-0.4, -0.2) is 44.2 Å². The van der Waals surface area contributed by atoms with E-state index in [4.69, 9.17) is 4.74 Å². The summed E-state index contributed by atoms with van der Waals surface area (Å²) in [5.41, 5.74) is 1.56. The molecule has 1 aliphatic rings. The number of hydrogen-bond acceptors (Lipinski definition) is 5. The number of rotatable bonds is 5. The van der Waals surface area contributed by atoms with Gasteiger partial charge in [-0.3, -0.25) is 10.1 Å². The van der Waals surface area contributed by atoms with Crippen molar-refractivity contribution in [3.8, 4) is 0 Å². The Kier molecular flexibility index (Phi) is 7.37. The van der Waals surface area contributed by atoms with Gasteiger partial charge >= 0.3 is 5.97 Å². The van der Waals surface area contributed by atoms with Gasteiger partial charge in [0.25, 0.3) is 5.91 Å². The Morgan fingerprint density at radius 3 is 2.62 bits per heavy atom. The molecule has 1 amide bonds. The van der Waals surface area contributed by atoms with Crippen molar-refractivity contribution in [2.24, 2.45) is 4.99 Å². The summed E-state index contributed by atoms with van der Waals surface area (Å²) < 4.78 is 11.2. The van der Waals surface area contributed by atoms with E-state index < -0.39 is 5.97 Å². The van der Waals surface area contributed by atoms with E-state index in [-0.39, 0.29) is 12.0 Å². The van der Waals surface area contributed by atoms with Crippen molar-refractivity contribution in [2.45, 2.75) is 18.9 Å². The number of carbonyl (C=O) groups is 2. The fourth-order valence-electron chi connectivity index (χ4n) is 2.85. The van der Waals surface area contributed by atoms with E-state index in [1.807, 2.05) is 24.3 Å². The minimum Gasteiger partial charge on any atom is -0.465 e. The van der Waals surface area contributed by atoms with Gasteiger partial charge in [0.2, 0.25) is 5.96 Å². The van der Waals surface area contributed by atoms with Gasteiger partial charge in [-0.2, -0.15) is 0 Å². The van der Waals surface area contributed by atoms with Crippen molar-refractivity contribution in [3.05, 3.63) is 64.1 Å². The highest BCUT2D eigenvalue weighted by Crippen LogP contribution is 2.16. The Hall–Kier alpha value is -2.71. The van der Waals surface area contributed by atoms with Crippen LogP contribution in [0.15, 0.2) is 58.0 Å². The largest absolute Gasteiger partial charge is 0.465 e. The molecule has 1 fully saturated rings. The molecule has 0 saturated carbocycles. The number of nitrogens with one attached hydrogen (secondary N) is 2. The first kappa shape index (κ1) is 21.0. The maximum absolute atomic E-state index is 12.7. The zero-order valence-corrected chi connectivity index (χ0v) is 17.6. The van der Waals surface area contributed by atoms with Gasteiger partial charge in [0.05, 0.1) is 25.3 Å². The standard InChI is InChI=1S/C21H22BrN3O4/c1-28-20(27)15-9-7-14(8-10-15)19(26)25-21(23-13-18-6-3-11-29-18)24-17-5-2-4-16(22)12-17/h2,4-5,7-10,12,18H,3,6,11,13H2,1H3,(H2,23,24,25,26)/t18-/m0/s1. The van der Waals surface area contributed by atoms with E-state index in [1.54, 1.807) is 24.3 Å². The number of anilines is 1. The first-order chi connectivity index (χ1) is 14.0. The minimum atomic E-state index is -0.452. The topological polar surface area (TPSA) is 89.0 Å². The lowest BCUT2D eigenvalue weighted by Gasteiger charge is -2.14. The van der Waals surface area contributed by atoms with E-state index in [1.165, 1.54) is 7.11 Å². The first-order valence-electron chi connectivity index (χ1n) is 9.23. The van der Waals surface area contributed by atoms with Crippen LogP contribution in [-0.2, 0) is 9.47 Å². The summed E-state index contributed by atoms with van der Waals surface area (Å²) in [6.45, 7) is 1.20. The van der Waals surface area contributed by atoms with Gasteiger partial charge in [0.15, 0.2) is 0 Å². The van der Waals surface area contributed by atoms with Gasteiger partial charge in [-0.05, 0) is 55.3 Å². The van der Waals surface area contributed by atoms with Crippen molar-refractivity contribution in [3.63, 3.8) is 0 Å². The third-order valence-corrected chi connectivity index (χ3v) is 4.86. The maximum atomic E-state index is 12.7. The molecule has 152 valence electrons. The number of ether oxygens (including phenoxy) is 2. The van der Waals surface area contributed by atoms with E-state index in [9.17, 15) is 9.59 Å². The van der Waals surface area contributed by atoms with Gasteiger partial charge in [-0.15, -0.1) is 0 Å². The van der Waals surface area contributed by atoms with Gasteiger partial charge in [0, 0.05) is 22.3 Å². The van der Waals surface area contributed by atoms with Crippen LogP contribution in [0.3, 0.4) is 0 Å². The molecule has 7 nitrogen and oxygen atoms in total. The second-order valence-corrected chi connectivity index (χ2v) is 7.40. The number of benzene rings is 2. The average Bonchev–Trinajstić information content (AvgIpc) is 3.25. The first-order valence-corrected chi connectivity index (χ1v) is 10.0. The summed E-state index contributed by atoms with van der Waals surface area (Å²) >= 11 is 3.43. The molecule has 0 aromatic heterocycles. The normalized spacial score (nSPS) is 16.3. The summed E-state index contributed by atoms with van der Waals surface area (Å²) in [5.74, 6) is -0.456. The molecule has 1 atom stereocenters. The third kappa shape index (κ3) is 6.13. The molecule has 2 aromatic carbocycles. The van der Waals surface area contributed by atoms with Crippen molar-refractivity contribution >= 4 is 39.5 Å². The van der Waals surface area contributed by atoms with E-state index in [0.717, 1.165) is 29.6 Å². The van der Waals surface area contributed by atoms with E-state index >= 15 is 0 Å². The molecule has 3 rings (SSSR count). The predicted molar refractivity (Wildman–Crippen MR) is 114 cm³/mol. The lowest BCUT2D eigenvalue weighted by atomic mass is 10.1. The highest BCUT2D eigenvalue weighted by Gasteiger charge is 2.16. The quantitative estimate of drug-likeness (QED) is 0.404. The van der Waals surface area contributed by atoms with Crippen LogP contribution in [0.2, 0.25) is 0 Å². The van der Waals surface area contributed by atoms with Crippen molar-refractivity contribution in [1.29, 1.82) is 0 Å². The van der Waals surface area contributed by atoms with Crippen LogP contribution in [0.4, 0.5) is 5.69 Å². The number of esters is 1. The Balaban J connectivity index is 1.73. The second-order valence-electron chi connectivity index (χ2n) is 6.48. The van der Waals surface area contributed by atoms with Crippen LogP contribution in [0.1, 0.15) is 33.6 Å². The zero-order chi connectivity index (χ0) is 20.6. The van der Waals surface area contributed by atoms with Crippen LogP contribution >= 0.6 is 15.9 Å². The lowest BCUT2D eigenvalue weighted by Crippen LogP contribution is -2.36. The molecular formula is C21H22BrN3O4. The molecule has 1 saturated heterocycles. The molecule has 0 radical (unpaired) electrons. The minimum absolute atomic E-state index is 0.0607. The average molecular weight is 460 g/mol. The second kappa shape index (κ2) is 10.2. The number of guanidine groups is 1. The van der Waals surface area contributed by atoms with Crippen molar-refractivity contribution < 1.29 is 19.1 Å². The molecule has 0 bridgehead atoms. The Bertz CT molecular complexity index is 893. The summed E-state index contributed by atoms with van der Waals surface area (Å²) in [5, 5.41) is 5.94. The number of aliphatic imine (C=N–C) groups is 1. The number of carbonyl (C=O) groups excluding carboxylic acids is 2. The third-order valence-electron chi connectivity index (χ3n) is 4.36. The monoisotopic (exact) mass is 459 g/mol. The molecule has 0 unspecified atom stereocenters. The molecule has 29 heavy (non-hydrogen) atoms. The van der Waals surface area contributed by atoms with Gasteiger partial charge in [-0.25, -0.2) is 9.79 Å². The highest BCUT2D eigenvalue weighted by molar-refractivity contribution is 9.10. The summed E-state index contributed by atoms with van der Waals surface area (Å²) in [4.78, 5) is 28.7. The molecule has 0 aliphatic carbocycles. The summed E-state index contributed by atoms with van der Waals surface area (Å²) in [6.07, 6.45) is 2.04. The van der Waals surface area contributed by atoms with E-state index in [2.05, 4.69) is 36.3 Å². The molecular weight excluding hydrogens is 438 g/mol. The Labute approximate surface area is 177 Å². The number of amides is 1. The van der Waals surface area contributed by atoms with Crippen molar-refractivity contribution in [1.82, 2.24) is 5.32 Å². The number of hydrogen-bond donors (Lipinski definition) is 2. The molecule has 1 aliphatic heterocycles. The molecule has 1 heterocycles. The summed E-state index contributed by atoms with van der Waals surface area (Å²) in [6, 6.07) is 13.8. The van der Waals surface area contributed by atoms with Crippen LogP contribution in [0, 0.1) is 0 Å². The van der Waals surface area contributed by atoms with Crippen LogP contribution in [0.5, 0.6) is 0 Å². The van der Waals surface area contributed by atoms with E-state index in [0.29, 0.717) is 23.6 Å². The van der Waals surface area contributed by atoms with Gasteiger partial charge < -0.3 is 14.8 Å². The lowest BCUT2D eigenvalue weighted by molar-refractivity contribution is 0.0600. The highest BCUT2D eigenvalue weighted by atomic mass is 79.9. The zero-order valence-electron chi connectivity index (χ0n) is 16.0. The van der Waals surface area contributed by atoms with Crippen molar-refractivity contribution in [2.75, 3.05) is 25.6 Å². The summed E-state index contributed by atoms with van der Waals surface area (Å²) in [7, 11) is 1.31. The Morgan fingerprint density at radius 2 is 1.97 bits per heavy atom. The molecule has 8 heteroatoms. The maximum Gasteiger partial charge on any atom is 0.337 e. The molecule has 2 aromatic rings. The molecule has 2 N–H and O–H groups in total. The SMILES string of the molecule is COC(=O)c1ccc(C(=O)NC(=NC[C@@H]2CCCO2)Nc2cccc(Br)c2)cc1. The number of nitrogens with zero attached hydrogens (tertiary/aromatic N) is 1. The Morgan fingerprint density at radius 1 is 1.21 bits per heavy atom. The number of methoxy groups -OCH3 is 1.